The van der Waals surface area contributed by atoms with Gasteiger partial charge in [-0.2, -0.15) is 13.2 Å². The molecule has 0 spiro atoms. The van der Waals surface area contributed by atoms with Gasteiger partial charge in [-0.25, -0.2) is 4.39 Å². The lowest BCUT2D eigenvalue weighted by molar-refractivity contribution is -0.137. The molecule has 2 N–H and O–H groups in total. The molecule has 2 heterocycles. The van der Waals surface area contributed by atoms with Gasteiger partial charge in [0, 0.05) is 61.3 Å². The Balaban J connectivity index is 1.20. The number of allylic oxidation sites excluding steroid dienone is 3. The van der Waals surface area contributed by atoms with E-state index in [2.05, 4.69) is 46.6 Å². The Bertz CT molecular complexity index is 2240. The number of hydrogen-bond donors (Lipinski definition) is 2. The molecule has 276 valence electrons. The third-order valence-electron chi connectivity index (χ3n) is 9.99. The van der Waals surface area contributed by atoms with Crippen molar-refractivity contribution in [2.45, 2.75) is 17.9 Å². The van der Waals surface area contributed by atoms with Crippen LogP contribution in [0.3, 0.4) is 0 Å². The summed E-state index contributed by atoms with van der Waals surface area (Å²) in [6.07, 6.45) is 5.95. The number of anilines is 1. The van der Waals surface area contributed by atoms with Crippen LogP contribution in [0.25, 0.3) is 5.70 Å². The Morgan fingerprint density at radius 2 is 1.36 bits per heavy atom. The molecule has 1 unspecified atom stereocenters. The van der Waals surface area contributed by atoms with Crippen LogP contribution in [-0.4, -0.2) is 42.2 Å². The number of amides is 1. The van der Waals surface area contributed by atoms with Crippen LogP contribution in [0.15, 0.2) is 175 Å². The van der Waals surface area contributed by atoms with Crippen LogP contribution >= 0.6 is 0 Å². The molecule has 55 heavy (non-hydrogen) atoms. The molecule has 0 saturated heterocycles. The van der Waals surface area contributed by atoms with Crippen LogP contribution in [0.5, 0.6) is 0 Å². The molecule has 2 aliphatic heterocycles. The summed E-state index contributed by atoms with van der Waals surface area (Å²) in [7, 11) is 3.31. The SMILES string of the molecule is CN(C(=O)c1ccc(C2=CNC3C=CC(/C(C=N)=C/N(C)C(c4ccccc4)(c4ccccc4)c4ccccc4)=CN23)cc1F)c1cccc(C(F)(F)F)c1. The number of fused-ring (bicyclic) bond motifs is 1. The van der Waals surface area contributed by atoms with Crippen LogP contribution in [0.4, 0.5) is 23.2 Å². The maximum atomic E-state index is 15.7. The predicted molar refractivity (Wildman–Crippen MR) is 208 cm³/mol. The summed E-state index contributed by atoms with van der Waals surface area (Å²) in [6.45, 7) is 0. The molecule has 0 aromatic heterocycles. The average molecular weight is 740 g/mol. The van der Waals surface area contributed by atoms with Gasteiger partial charge in [-0.05, 0) is 53.1 Å². The van der Waals surface area contributed by atoms with Gasteiger partial charge in [0.25, 0.3) is 5.91 Å². The number of benzene rings is 5. The fourth-order valence-electron chi connectivity index (χ4n) is 7.24. The number of carbonyl (C=O) groups is 1. The molecule has 7 rings (SSSR count). The largest absolute Gasteiger partial charge is 0.416 e. The van der Waals surface area contributed by atoms with Crippen molar-refractivity contribution in [3.63, 3.8) is 0 Å². The van der Waals surface area contributed by atoms with E-state index in [1.165, 1.54) is 37.5 Å². The molecule has 0 fully saturated rings. The van der Waals surface area contributed by atoms with Crippen LogP contribution < -0.4 is 10.2 Å². The van der Waals surface area contributed by atoms with E-state index in [9.17, 15) is 18.0 Å². The Morgan fingerprint density at radius 1 is 0.782 bits per heavy atom. The summed E-state index contributed by atoms with van der Waals surface area (Å²) >= 11 is 0. The predicted octanol–water partition coefficient (Wildman–Crippen LogP) is 9.56. The van der Waals surface area contributed by atoms with Gasteiger partial charge in [0.05, 0.1) is 16.8 Å². The number of nitrogens with zero attached hydrogens (tertiary/aromatic N) is 3. The minimum Gasteiger partial charge on any atom is -0.366 e. The molecule has 0 saturated carbocycles. The summed E-state index contributed by atoms with van der Waals surface area (Å²) in [5, 5.41) is 11.8. The smallest absolute Gasteiger partial charge is 0.366 e. The number of hydrogen-bond acceptors (Lipinski definition) is 5. The fourth-order valence-corrected chi connectivity index (χ4v) is 7.24. The monoisotopic (exact) mass is 739 g/mol. The highest BCUT2D eigenvalue weighted by molar-refractivity contribution is 6.06. The van der Waals surface area contributed by atoms with Crippen molar-refractivity contribution in [3.8, 4) is 0 Å². The van der Waals surface area contributed by atoms with Crippen molar-refractivity contribution in [3.05, 3.63) is 215 Å². The van der Waals surface area contributed by atoms with Gasteiger partial charge in [0.15, 0.2) is 0 Å². The summed E-state index contributed by atoms with van der Waals surface area (Å²) in [5.74, 6) is -1.60. The van der Waals surface area contributed by atoms with Crippen LogP contribution in [-0.2, 0) is 11.7 Å². The first kappa shape index (κ1) is 36.7. The second kappa shape index (κ2) is 15.0. The molecular weight excluding hydrogens is 703 g/mol. The molecule has 6 nitrogen and oxygen atoms in total. The zero-order valence-electron chi connectivity index (χ0n) is 30.0. The molecule has 2 aliphatic rings. The van der Waals surface area contributed by atoms with E-state index in [0.29, 0.717) is 16.8 Å². The van der Waals surface area contributed by atoms with Gasteiger partial charge in [-0.3, -0.25) is 4.79 Å². The second-order valence-electron chi connectivity index (χ2n) is 13.2. The van der Waals surface area contributed by atoms with Crippen molar-refractivity contribution < 1.29 is 22.4 Å². The van der Waals surface area contributed by atoms with Crippen LogP contribution in [0.1, 0.15) is 38.2 Å². The topological polar surface area (TPSA) is 62.7 Å². The van der Waals surface area contributed by atoms with Gasteiger partial charge in [0.1, 0.15) is 17.5 Å². The van der Waals surface area contributed by atoms with Gasteiger partial charge >= 0.3 is 6.18 Å². The number of carbonyl (C=O) groups excluding carboxylic acids is 1. The van der Waals surface area contributed by atoms with E-state index >= 15 is 4.39 Å². The lowest BCUT2D eigenvalue weighted by Crippen LogP contribution is -2.43. The lowest BCUT2D eigenvalue weighted by Gasteiger charge is -2.43. The molecule has 0 aliphatic carbocycles. The first-order valence-electron chi connectivity index (χ1n) is 17.5. The van der Waals surface area contributed by atoms with Crippen molar-refractivity contribution in [2.24, 2.45) is 0 Å². The number of rotatable bonds is 10. The number of halogens is 4. The highest BCUT2D eigenvalue weighted by atomic mass is 19.4. The standard InChI is InChI=1S/C45H37F4N5O/c1-52(44(34-13-6-3-7-14-34,35-15-8-4-9-16-35)36-17-10-5-11-18-36)29-33(27-50)32-22-24-42-51-28-41(54(42)30-32)31-21-23-39(40(46)25-31)43(55)53(2)38-20-12-19-37(26-38)45(47,48)49/h3-30,42,50-51H,1-2H3/b33-29+,50-27?. The summed E-state index contributed by atoms with van der Waals surface area (Å²) in [4.78, 5) is 18.3. The van der Waals surface area contributed by atoms with Crippen molar-refractivity contribution in [1.29, 1.82) is 5.41 Å². The third-order valence-corrected chi connectivity index (χ3v) is 9.99. The first-order chi connectivity index (χ1) is 26.5. The van der Waals surface area contributed by atoms with Gasteiger partial charge < -0.3 is 25.4 Å². The minimum absolute atomic E-state index is 0.0131. The Morgan fingerprint density at radius 3 is 1.91 bits per heavy atom. The zero-order chi connectivity index (χ0) is 38.7. The quantitative estimate of drug-likeness (QED) is 0.0852. The Hall–Kier alpha value is -6.68. The van der Waals surface area contributed by atoms with Crippen molar-refractivity contribution in [2.75, 3.05) is 19.0 Å². The van der Waals surface area contributed by atoms with E-state index in [1.807, 2.05) is 91.1 Å². The Kier molecular flexibility index (Phi) is 9.99. The molecule has 5 aromatic carbocycles. The lowest BCUT2D eigenvalue weighted by atomic mass is 9.76. The molecule has 10 heteroatoms. The third kappa shape index (κ3) is 6.94. The summed E-state index contributed by atoms with van der Waals surface area (Å²) in [6, 6.07) is 39.2. The van der Waals surface area contributed by atoms with Crippen LogP contribution in [0, 0.1) is 11.2 Å². The highest BCUT2D eigenvalue weighted by Gasteiger charge is 2.40. The van der Waals surface area contributed by atoms with E-state index in [4.69, 9.17) is 5.41 Å². The molecule has 0 radical (unpaired) electrons. The average Bonchev–Trinajstić information content (AvgIpc) is 3.64. The first-order valence-corrected chi connectivity index (χ1v) is 17.5. The molecular formula is C45H37F4N5O. The van der Waals surface area contributed by atoms with E-state index in [1.54, 1.807) is 12.3 Å². The van der Waals surface area contributed by atoms with E-state index in [0.717, 1.165) is 39.3 Å². The molecule has 5 aromatic rings. The number of nitrogens with one attached hydrogen (secondary N) is 2. The highest BCUT2D eigenvalue weighted by Crippen LogP contribution is 2.43. The van der Waals surface area contributed by atoms with Gasteiger partial charge in [-0.1, -0.05) is 109 Å². The van der Waals surface area contributed by atoms with Crippen LogP contribution in [0.2, 0.25) is 0 Å². The van der Waals surface area contributed by atoms with E-state index < -0.39 is 29.0 Å². The number of alkyl halides is 3. The summed E-state index contributed by atoms with van der Waals surface area (Å²) < 4.78 is 55.6. The fraction of sp³-hybridized carbons (Fsp3) is 0.111. The van der Waals surface area contributed by atoms with Crippen molar-refractivity contribution >= 4 is 23.5 Å². The maximum Gasteiger partial charge on any atom is 0.416 e. The summed E-state index contributed by atoms with van der Waals surface area (Å²) in [5.41, 5.74) is 3.64. The van der Waals surface area contributed by atoms with Crippen molar-refractivity contribution in [1.82, 2.24) is 15.1 Å². The second-order valence-corrected chi connectivity index (χ2v) is 13.2. The Labute approximate surface area is 317 Å². The molecule has 0 bridgehead atoms. The van der Waals surface area contributed by atoms with Gasteiger partial charge in [-0.15, -0.1) is 0 Å². The van der Waals surface area contributed by atoms with E-state index in [-0.39, 0.29) is 17.4 Å². The van der Waals surface area contributed by atoms with Gasteiger partial charge in [0.2, 0.25) is 0 Å². The maximum absolute atomic E-state index is 15.7. The molecule has 1 amide bonds. The normalized spacial score (nSPS) is 15.4. The minimum atomic E-state index is -4.59. The zero-order valence-corrected chi connectivity index (χ0v) is 30.0. The molecule has 1 atom stereocenters.